The summed E-state index contributed by atoms with van der Waals surface area (Å²) in [6.45, 7) is 3.46. The molecule has 20 heavy (non-hydrogen) atoms. The van der Waals surface area contributed by atoms with E-state index in [0.29, 0.717) is 0 Å². The molecule has 0 saturated carbocycles. The van der Waals surface area contributed by atoms with E-state index in [9.17, 15) is 4.79 Å². The number of esters is 1. The molecule has 2 nitrogen and oxygen atoms in total. The number of aryl methyl sites for hydroxylation is 1. The minimum atomic E-state index is -0.353. The van der Waals surface area contributed by atoms with Gasteiger partial charge in [0.05, 0.1) is 0 Å². The van der Waals surface area contributed by atoms with Crippen molar-refractivity contribution in [3.05, 3.63) is 77.4 Å². The Labute approximate surface area is 119 Å². The van der Waals surface area contributed by atoms with Gasteiger partial charge in [0, 0.05) is 6.92 Å². The molecular formula is C18H18O2. The summed E-state index contributed by atoms with van der Waals surface area (Å²) in [6, 6.07) is 18.0. The fraction of sp³-hybridized carbons (Fsp3) is 0.167. The zero-order valence-corrected chi connectivity index (χ0v) is 11.7. The third-order valence-corrected chi connectivity index (χ3v) is 2.96. The molecule has 2 heteroatoms. The molecule has 0 radical (unpaired) electrons. The summed E-state index contributed by atoms with van der Waals surface area (Å²) in [4.78, 5) is 11.2. The number of rotatable bonds is 4. The summed E-state index contributed by atoms with van der Waals surface area (Å²) in [5.41, 5.74) is 3.23. The van der Waals surface area contributed by atoms with E-state index in [-0.39, 0.29) is 12.1 Å². The average molecular weight is 266 g/mol. The predicted molar refractivity (Wildman–Crippen MR) is 81.2 cm³/mol. The molecule has 0 saturated heterocycles. The minimum absolute atomic E-state index is 0.284. The van der Waals surface area contributed by atoms with Crippen LogP contribution in [0.15, 0.2) is 60.7 Å². The Kier molecular flexibility index (Phi) is 4.72. The van der Waals surface area contributed by atoms with Gasteiger partial charge in [0.25, 0.3) is 0 Å². The van der Waals surface area contributed by atoms with E-state index in [1.54, 1.807) is 0 Å². The number of benzene rings is 2. The van der Waals surface area contributed by atoms with Crippen molar-refractivity contribution in [3.8, 4) is 0 Å². The summed E-state index contributed by atoms with van der Waals surface area (Å²) >= 11 is 0. The number of carbonyl (C=O) groups is 1. The lowest BCUT2D eigenvalue weighted by atomic mass is 10.1. The molecule has 0 spiro atoms. The van der Waals surface area contributed by atoms with Gasteiger partial charge in [0.1, 0.15) is 6.10 Å². The highest BCUT2D eigenvalue weighted by atomic mass is 16.5. The summed E-state index contributed by atoms with van der Waals surface area (Å²) in [6.07, 6.45) is 3.52. The van der Waals surface area contributed by atoms with Crippen molar-refractivity contribution < 1.29 is 9.53 Å². The summed E-state index contributed by atoms with van der Waals surface area (Å²) in [7, 11) is 0. The highest BCUT2D eigenvalue weighted by molar-refractivity contribution is 5.67. The topological polar surface area (TPSA) is 26.3 Å². The zero-order valence-electron chi connectivity index (χ0n) is 11.7. The largest absolute Gasteiger partial charge is 0.453 e. The van der Waals surface area contributed by atoms with E-state index in [1.165, 1.54) is 12.5 Å². The molecule has 2 rings (SSSR count). The molecule has 0 bridgehead atoms. The number of ether oxygens (including phenoxy) is 1. The van der Waals surface area contributed by atoms with Crippen molar-refractivity contribution in [1.29, 1.82) is 0 Å². The van der Waals surface area contributed by atoms with E-state index in [1.807, 2.05) is 73.7 Å². The summed E-state index contributed by atoms with van der Waals surface area (Å²) in [5, 5.41) is 0. The number of hydrogen-bond acceptors (Lipinski definition) is 2. The first-order valence-electron chi connectivity index (χ1n) is 6.62. The standard InChI is InChI=1S/C18H18O2/c1-14-8-11-17(12-9-14)18(20-15(2)19)13-10-16-6-4-3-5-7-16/h3-13,18H,1-2H3/b13-10+. The lowest BCUT2D eigenvalue weighted by molar-refractivity contribution is -0.144. The average Bonchev–Trinajstić information content (AvgIpc) is 2.45. The molecule has 1 atom stereocenters. The van der Waals surface area contributed by atoms with Gasteiger partial charge in [-0.25, -0.2) is 0 Å². The second-order valence-corrected chi connectivity index (χ2v) is 4.71. The van der Waals surface area contributed by atoms with Crippen LogP contribution in [0.2, 0.25) is 0 Å². The molecule has 0 amide bonds. The van der Waals surface area contributed by atoms with Crippen LogP contribution in [0.5, 0.6) is 0 Å². The third kappa shape index (κ3) is 4.09. The molecule has 0 aliphatic heterocycles. The van der Waals surface area contributed by atoms with Gasteiger partial charge < -0.3 is 4.74 Å². The lowest BCUT2D eigenvalue weighted by Crippen LogP contribution is -2.06. The Morgan fingerprint density at radius 2 is 1.70 bits per heavy atom. The fourth-order valence-corrected chi connectivity index (χ4v) is 1.92. The van der Waals surface area contributed by atoms with E-state index in [2.05, 4.69) is 0 Å². The van der Waals surface area contributed by atoms with E-state index >= 15 is 0 Å². The van der Waals surface area contributed by atoms with Crippen molar-refractivity contribution in [2.45, 2.75) is 20.0 Å². The van der Waals surface area contributed by atoms with Crippen molar-refractivity contribution >= 4 is 12.0 Å². The van der Waals surface area contributed by atoms with Gasteiger partial charge in [-0.15, -0.1) is 0 Å². The molecule has 1 unspecified atom stereocenters. The van der Waals surface area contributed by atoms with Gasteiger partial charge in [0.15, 0.2) is 0 Å². The van der Waals surface area contributed by atoms with Crippen LogP contribution in [0.1, 0.15) is 29.7 Å². The monoisotopic (exact) mass is 266 g/mol. The first-order chi connectivity index (χ1) is 9.65. The van der Waals surface area contributed by atoms with Crippen molar-refractivity contribution in [2.24, 2.45) is 0 Å². The highest BCUT2D eigenvalue weighted by Crippen LogP contribution is 2.21. The Hall–Kier alpha value is -2.35. The van der Waals surface area contributed by atoms with Crippen LogP contribution in [-0.2, 0) is 9.53 Å². The molecular weight excluding hydrogens is 248 g/mol. The number of hydrogen-bond donors (Lipinski definition) is 0. The van der Waals surface area contributed by atoms with Crippen LogP contribution >= 0.6 is 0 Å². The second-order valence-electron chi connectivity index (χ2n) is 4.71. The molecule has 0 aliphatic rings. The van der Waals surface area contributed by atoms with Crippen LogP contribution in [0.4, 0.5) is 0 Å². The zero-order chi connectivity index (χ0) is 14.4. The third-order valence-electron chi connectivity index (χ3n) is 2.96. The van der Waals surface area contributed by atoms with Gasteiger partial charge in [-0.3, -0.25) is 4.79 Å². The molecule has 0 fully saturated rings. The van der Waals surface area contributed by atoms with Crippen molar-refractivity contribution in [2.75, 3.05) is 0 Å². The first-order valence-corrected chi connectivity index (χ1v) is 6.62. The smallest absolute Gasteiger partial charge is 0.303 e. The SMILES string of the molecule is CC(=O)OC(/C=C/c1ccccc1)c1ccc(C)cc1. The van der Waals surface area contributed by atoms with E-state index in [0.717, 1.165) is 11.1 Å². The molecule has 102 valence electrons. The van der Waals surface area contributed by atoms with Crippen molar-refractivity contribution in [1.82, 2.24) is 0 Å². The maximum atomic E-state index is 11.2. The Balaban J connectivity index is 2.21. The maximum absolute atomic E-state index is 11.2. The van der Waals surface area contributed by atoms with Gasteiger partial charge in [-0.05, 0) is 24.1 Å². The molecule has 2 aromatic carbocycles. The normalized spacial score (nSPS) is 12.3. The molecule has 2 aromatic rings. The van der Waals surface area contributed by atoms with Gasteiger partial charge in [-0.1, -0.05) is 66.2 Å². The van der Waals surface area contributed by atoms with Crippen LogP contribution in [0, 0.1) is 6.92 Å². The molecule has 0 heterocycles. The maximum Gasteiger partial charge on any atom is 0.303 e. The van der Waals surface area contributed by atoms with Crippen LogP contribution in [-0.4, -0.2) is 5.97 Å². The van der Waals surface area contributed by atoms with Crippen molar-refractivity contribution in [3.63, 3.8) is 0 Å². The Bertz CT molecular complexity index is 583. The second kappa shape index (κ2) is 6.71. The van der Waals surface area contributed by atoms with Crippen LogP contribution in [0.3, 0.4) is 0 Å². The van der Waals surface area contributed by atoms with E-state index < -0.39 is 0 Å². The fourth-order valence-electron chi connectivity index (χ4n) is 1.92. The lowest BCUT2D eigenvalue weighted by Gasteiger charge is -2.13. The molecule has 0 N–H and O–H groups in total. The Morgan fingerprint density at radius 3 is 2.30 bits per heavy atom. The van der Waals surface area contributed by atoms with Crippen LogP contribution in [0.25, 0.3) is 6.08 Å². The van der Waals surface area contributed by atoms with E-state index in [4.69, 9.17) is 4.74 Å². The van der Waals surface area contributed by atoms with Gasteiger partial charge in [-0.2, -0.15) is 0 Å². The molecule has 0 aromatic heterocycles. The predicted octanol–water partition coefficient (Wildman–Crippen LogP) is 4.31. The minimum Gasteiger partial charge on any atom is -0.453 e. The number of carbonyl (C=O) groups excluding carboxylic acids is 1. The van der Waals surface area contributed by atoms with Gasteiger partial charge >= 0.3 is 5.97 Å². The summed E-state index contributed by atoms with van der Waals surface area (Å²) < 4.78 is 5.37. The first kappa shape index (κ1) is 14.1. The Morgan fingerprint density at radius 1 is 1.05 bits per heavy atom. The summed E-state index contributed by atoms with van der Waals surface area (Å²) in [5.74, 6) is -0.284. The van der Waals surface area contributed by atoms with Crippen LogP contribution < -0.4 is 0 Å². The van der Waals surface area contributed by atoms with Gasteiger partial charge in [0.2, 0.25) is 0 Å². The quantitative estimate of drug-likeness (QED) is 0.771. The highest BCUT2D eigenvalue weighted by Gasteiger charge is 2.10. The molecule has 0 aliphatic carbocycles.